The molecular weight excluding hydrogens is 422 g/mol. The molecule has 8 nitrogen and oxygen atoms in total. The lowest BCUT2D eigenvalue weighted by Crippen LogP contribution is -2.44. The molecule has 11 heteroatoms. The third-order valence-electron chi connectivity index (χ3n) is 3.84. The van der Waals surface area contributed by atoms with Crippen molar-refractivity contribution >= 4 is 50.8 Å². The summed E-state index contributed by atoms with van der Waals surface area (Å²) in [5, 5.41) is 5.15. The fourth-order valence-electron chi connectivity index (χ4n) is 2.41. The van der Waals surface area contributed by atoms with Gasteiger partial charge < -0.3 is 15.4 Å². The maximum Gasteiger partial charge on any atom is 0.408 e. The quantitative estimate of drug-likeness (QED) is 0.716. The van der Waals surface area contributed by atoms with Gasteiger partial charge in [0.05, 0.1) is 5.69 Å². The van der Waals surface area contributed by atoms with Gasteiger partial charge in [-0.25, -0.2) is 13.2 Å². The van der Waals surface area contributed by atoms with E-state index in [1.807, 2.05) is 0 Å². The van der Waals surface area contributed by atoms with E-state index in [9.17, 15) is 18.0 Å². The summed E-state index contributed by atoms with van der Waals surface area (Å²) >= 11 is 2.86. The number of carbonyl (C=O) groups is 2. The molecule has 2 heterocycles. The second kappa shape index (κ2) is 9.02. The number of sulfonamides is 1. The van der Waals surface area contributed by atoms with Crippen LogP contribution in [-0.2, 0) is 19.6 Å². The minimum Gasteiger partial charge on any atom is -0.444 e. The van der Waals surface area contributed by atoms with Crippen molar-refractivity contribution in [2.75, 3.05) is 29.9 Å². The van der Waals surface area contributed by atoms with E-state index in [1.54, 1.807) is 39.5 Å². The zero-order valence-electron chi connectivity index (χ0n) is 16.7. The van der Waals surface area contributed by atoms with Gasteiger partial charge in [0.25, 0.3) is 10.0 Å². The largest absolute Gasteiger partial charge is 0.444 e. The van der Waals surface area contributed by atoms with Crippen molar-refractivity contribution in [2.24, 2.45) is 0 Å². The molecule has 2 amide bonds. The lowest BCUT2D eigenvalue weighted by molar-refractivity contribution is -0.117. The molecule has 0 radical (unpaired) electrons. The normalized spacial score (nSPS) is 17.0. The van der Waals surface area contributed by atoms with Crippen molar-refractivity contribution in [3.05, 3.63) is 10.9 Å². The monoisotopic (exact) mass is 449 g/mol. The first-order valence-corrected chi connectivity index (χ1v) is 12.3. The van der Waals surface area contributed by atoms with Gasteiger partial charge in [-0.15, -0.1) is 11.3 Å². The Labute approximate surface area is 174 Å². The summed E-state index contributed by atoms with van der Waals surface area (Å²) in [6.07, 6.45) is -0.691. The number of aryl methyl sites for hydroxylation is 1. The Morgan fingerprint density at radius 3 is 2.43 bits per heavy atom. The van der Waals surface area contributed by atoms with Crippen LogP contribution < -0.4 is 10.6 Å². The van der Waals surface area contributed by atoms with E-state index in [0.717, 1.165) is 22.8 Å². The van der Waals surface area contributed by atoms with Crippen LogP contribution in [0.2, 0.25) is 0 Å². The number of amides is 2. The highest BCUT2D eigenvalue weighted by molar-refractivity contribution is 7.99. The van der Waals surface area contributed by atoms with Crippen molar-refractivity contribution in [1.29, 1.82) is 0 Å². The molecule has 0 aliphatic carbocycles. The van der Waals surface area contributed by atoms with E-state index < -0.39 is 33.7 Å². The number of ether oxygens (including phenoxy) is 1. The lowest BCUT2D eigenvalue weighted by Gasteiger charge is -2.24. The van der Waals surface area contributed by atoms with Crippen molar-refractivity contribution in [1.82, 2.24) is 9.62 Å². The molecule has 1 aliphatic rings. The van der Waals surface area contributed by atoms with E-state index in [1.165, 1.54) is 17.3 Å². The number of carbonyl (C=O) groups excluding carboxylic acids is 2. The molecular formula is C17H27N3O5S3. The topological polar surface area (TPSA) is 105 Å². The molecule has 0 unspecified atom stereocenters. The predicted octanol–water partition coefficient (Wildman–Crippen LogP) is 2.65. The van der Waals surface area contributed by atoms with Crippen molar-refractivity contribution < 1.29 is 22.7 Å². The van der Waals surface area contributed by atoms with Crippen molar-refractivity contribution in [3.8, 4) is 0 Å². The summed E-state index contributed by atoms with van der Waals surface area (Å²) in [4.78, 5) is 24.9. The van der Waals surface area contributed by atoms with Crippen LogP contribution in [0.4, 0.5) is 10.5 Å². The minimum absolute atomic E-state index is 0.208. The standard InChI is InChI=1S/C17H27N3O5S3/c1-11(18-16(22)25-17(3,4)5)15(21)19-13-10-14(27-12(13)2)28(23,24)20-6-8-26-9-7-20/h10-11H,6-9H2,1-5H3,(H,18,22)(H,19,21)/t11-/m1/s1. The lowest BCUT2D eigenvalue weighted by atomic mass is 10.2. The first kappa shape index (κ1) is 23.0. The van der Waals surface area contributed by atoms with Crippen LogP contribution in [0, 0.1) is 6.92 Å². The fourth-order valence-corrected chi connectivity index (χ4v) is 6.54. The Bertz CT molecular complexity index is 824. The maximum atomic E-state index is 12.8. The number of hydrogen-bond acceptors (Lipinski definition) is 7. The van der Waals surface area contributed by atoms with E-state index in [4.69, 9.17) is 4.74 Å². The Hall–Kier alpha value is -1.30. The summed E-state index contributed by atoms with van der Waals surface area (Å²) in [5.41, 5.74) is -0.238. The molecule has 0 aromatic carbocycles. The van der Waals surface area contributed by atoms with Crippen LogP contribution in [0.1, 0.15) is 32.6 Å². The zero-order valence-corrected chi connectivity index (χ0v) is 19.1. The van der Waals surface area contributed by atoms with Gasteiger partial charge in [-0.3, -0.25) is 4.79 Å². The second-order valence-corrected chi connectivity index (χ2v) is 12.1. The molecule has 28 heavy (non-hydrogen) atoms. The molecule has 1 aromatic heterocycles. The molecule has 1 aromatic rings. The number of anilines is 1. The maximum absolute atomic E-state index is 12.8. The molecule has 2 N–H and O–H groups in total. The van der Waals surface area contributed by atoms with Gasteiger partial charge >= 0.3 is 6.09 Å². The smallest absolute Gasteiger partial charge is 0.408 e. The van der Waals surface area contributed by atoms with Crippen LogP contribution in [0.25, 0.3) is 0 Å². The van der Waals surface area contributed by atoms with Gasteiger partial charge in [-0.1, -0.05) is 0 Å². The van der Waals surface area contributed by atoms with Crippen LogP contribution in [-0.4, -0.2) is 61.0 Å². The first-order chi connectivity index (χ1) is 12.9. The van der Waals surface area contributed by atoms with Crippen molar-refractivity contribution in [3.63, 3.8) is 0 Å². The number of hydrogen-bond donors (Lipinski definition) is 2. The van der Waals surface area contributed by atoms with Gasteiger partial charge in [0.15, 0.2) is 0 Å². The van der Waals surface area contributed by atoms with Crippen LogP contribution in [0.5, 0.6) is 0 Å². The van der Waals surface area contributed by atoms with E-state index in [-0.39, 0.29) is 4.21 Å². The summed E-state index contributed by atoms with van der Waals surface area (Å²) in [6.45, 7) is 9.45. The number of thioether (sulfide) groups is 1. The van der Waals surface area contributed by atoms with Gasteiger partial charge in [0.2, 0.25) is 5.91 Å². The Morgan fingerprint density at radius 2 is 1.86 bits per heavy atom. The molecule has 1 saturated heterocycles. The predicted molar refractivity (Wildman–Crippen MR) is 113 cm³/mol. The van der Waals surface area contributed by atoms with Gasteiger partial charge in [-0.2, -0.15) is 16.1 Å². The number of rotatable bonds is 5. The van der Waals surface area contributed by atoms with Crippen molar-refractivity contribution in [2.45, 2.75) is 50.5 Å². The first-order valence-electron chi connectivity index (χ1n) is 8.89. The minimum atomic E-state index is -3.56. The summed E-state index contributed by atoms with van der Waals surface area (Å²) in [7, 11) is -3.56. The number of thiophene rings is 1. The average molecular weight is 450 g/mol. The van der Waals surface area contributed by atoms with E-state index in [0.29, 0.717) is 23.7 Å². The number of nitrogens with one attached hydrogen (secondary N) is 2. The molecule has 1 fully saturated rings. The van der Waals surface area contributed by atoms with Gasteiger partial charge in [-0.05, 0) is 40.7 Å². The molecule has 0 spiro atoms. The molecule has 0 saturated carbocycles. The van der Waals surface area contributed by atoms with Crippen LogP contribution in [0.3, 0.4) is 0 Å². The highest BCUT2D eigenvalue weighted by atomic mass is 32.2. The Kier molecular flexibility index (Phi) is 7.40. The highest BCUT2D eigenvalue weighted by Gasteiger charge is 2.29. The number of alkyl carbamates (subject to hydrolysis) is 1. The van der Waals surface area contributed by atoms with Crippen LogP contribution >= 0.6 is 23.1 Å². The summed E-state index contributed by atoms with van der Waals surface area (Å²) in [5.74, 6) is 1.10. The molecule has 1 aliphatic heterocycles. The second-order valence-electron chi connectivity index (χ2n) is 7.41. The van der Waals surface area contributed by atoms with Gasteiger partial charge in [0, 0.05) is 29.5 Å². The summed E-state index contributed by atoms with van der Waals surface area (Å²) < 4.78 is 32.4. The molecule has 2 rings (SSSR count). The van der Waals surface area contributed by atoms with E-state index >= 15 is 0 Å². The van der Waals surface area contributed by atoms with E-state index in [2.05, 4.69) is 10.6 Å². The average Bonchev–Trinajstić information content (AvgIpc) is 2.95. The van der Waals surface area contributed by atoms with Gasteiger partial charge in [0.1, 0.15) is 15.9 Å². The third-order valence-corrected chi connectivity index (χ3v) is 8.18. The highest BCUT2D eigenvalue weighted by Crippen LogP contribution is 2.32. The molecule has 158 valence electrons. The SMILES string of the molecule is Cc1sc(S(=O)(=O)N2CCSCC2)cc1NC(=O)[C@@H](C)NC(=O)OC(C)(C)C. The van der Waals surface area contributed by atoms with Crippen LogP contribution in [0.15, 0.2) is 10.3 Å². The Balaban J connectivity index is 2.04. The molecule has 0 bridgehead atoms. The fraction of sp³-hybridized carbons (Fsp3) is 0.647. The Morgan fingerprint density at radius 1 is 1.25 bits per heavy atom. The third kappa shape index (κ3) is 6.10. The zero-order chi connectivity index (χ0) is 21.1. The number of nitrogens with zero attached hydrogens (tertiary/aromatic N) is 1. The molecule has 1 atom stereocenters. The summed E-state index contributed by atoms with van der Waals surface area (Å²) in [6, 6.07) is 0.642.